The number of hydrogen-bond acceptors (Lipinski definition) is 6. The summed E-state index contributed by atoms with van der Waals surface area (Å²) >= 11 is 0. The molecule has 1 aromatic heterocycles. The third-order valence-corrected chi connectivity index (χ3v) is 8.91. The summed E-state index contributed by atoms with van der Waals surface area (Å²) in [7, 11) is -2.17. The van der Waals surface area contributed by atoms with Crippen LogP contribution >= 0.6 is 0 Å². The molecule has 1 aliphatic carbocycles. The molecule has 4 aromatic rings. The highest BCUT2D eigenvalue weighted by Gasteiger charge is 2.33. The number of amides is 1. The number of nitrogens with zero attached hydrogens (tertiary/aromatic N) is 1. The number of benzene rings is 3. The van der Waals surface area contributed by atoms with Gasteiger partial charge in [0.05, 0.1) is 36.2 Å². The van der Waals surface area contributed by atoms with Crippen molar-refractivity contribution in [2.45, 2.75) is 38.0 Å². The summed E-state index contributed by atoms with van der Waals surface area (Å²) in [5.41, 5.74) is 3.82. The number of hydrogen-bond donors (Lipinski definition) is 2. The van der Waals surface area contributed by atoms with E-state index >= 15 is 0 Å². The molecule has 11 heteroatoms. The van der Waals surface area contributed by atoms with Crippen LogP contribution in [0.15, 0.2) is 65.1 Å². The molecule has 2 N–H and O–H groups in total. The topological polar surface area (TPSA) is 126 Å². The van der Waals surface area contributed by atoms with Crippen molar-refractivity contribution in [2.24, 2.45) is 0 Å². The fraction of sp³-hybridized carbons (Fsp3) is 0.333. The predicted octanol–water partition coefficient (Wildman–Crippen LogP) is 5.98. The van der Waals surface area contributed by atoms with E-state index in [1.165, 1.54) is 35.6 Å². The molecule has 1 saturated carbocycles. The third-order valence-electron chi connectivity index (χ3n) is 7.73. The first-order valence-electron chi connectivity index (χ1n) is 14.5. The zero-order chi connectivity index (χ0) is 31.4. The maximum absolute atomic E-state index is 13.6. The van der Waals surface area contributed by atoms with Gasteiger partial charge in [0.2, 0.25) is 10.0 Å². The number of unbranched alkanes of at least 4 members (excludes halogenated alkanes) is 1. The van der Waals surface area contributed by atoms with Crippen molar-refractivity contribution >= 4 is 38.6 Å². The van der Waals surface area contributed by atoms with Crippen LogP contribution in [-0.2, 0) is 21.2 Å². The van der Waals surface area contributed by atoms with Gasteiger partial charge in [0.15, 0.2) is 0 Å². The molecule has 5 rings (SSSR count). The first-order valence-corrected chi connectivity index (χ1v) is 16.4. The van der Waals surface area contributed by atoms with E-state index in [1.807, 2.05) is 18.2 Å². The molecule has 0 saturated heterocycles. The van der Waals surface area contributed by atoms with Gasteiger partial charge < -0.3 is 19.6 Å². The second kappa shape index (κ2) is 13.2. The highest BCUT2D eigenvalue weighted by molar-refractivity contribution is 7.92. The molecule has 0 bridgehead atoms. The normalized spacial score (nSPS) is 13.2. The van der Waals surface area contributed by atoms with Crippen LogP contribution in [0, 0.1) is 5.82 Å². The Labute approximate surface area is 255 Å². The van der Waals surface area contributed by atoms with E-state index in [-0.39, 0.29) is 36.3 Å². The van der Waals surface area contributed by atoms with Crippen molar-refractivity contribution in [1.29, 1.82) is 0 Å². The minimum atomic E-state index is -3.69. The van der Waals surface area contributed by atoms with Crippen molar-refractivity contribution in [3.63, 3.8) is 0 Å². The van der Waals surface area contributed by atoms with Gasteiger partial charge in [-0.2, -0.15) is 0 Å². The van der Waals surface area contributed by atoms with E-state index in [9.17, 15) is 22.4 Å². The average Bonchev–Trinajstić information content (AvgIpc) is 3.78. The van der Waals surface area contributed by atoms with Gasteiger partial charge >= 0.3 is 5.97 Å². The Hall–Kier alpha value is -4.22. The van der Waals surface area contributed by atoms with E-state index in [2.05, 4.69) is 5.32 Å². The number of carbonyl (C=O) groups is 2. The van der Waals surface area contributed by atoms with Gasteiger partial charge in [0, 0.05) is 30.7 Å². The SMILES string of the molecule is CNC(=O)c1c(-c2ccc(F)cc2)oc2cc(N(CCOCCCCc3ccc(C(=O)O)cc3)S(C)(=O)=O)c(C3CC3)cc12. The number of halogens is 1. The maximum Gasteiger partial charge on any atom is 0.335 e. The van der Waals surface area contributed by atoms with Crippen molar-refractivity contribution in [3.8, 4) is 11.3 Å². The summed E-state index contributed by atoms with van der Waals surface area (Å²) in [6.07, 6.45) is 5.36. The Balaban J connectivity index is 1.33. The molecule has 1 aliphatic rings. The van der Waals surface area contributed by atoms with Crippen LogP contribution in [-0.4, -0.2) is 58.5 Å². The zero-order valence-electron chi connectivity index (χ0n) is 24.6. The molecule has 0 spiro atoms. The average molecular weight is 623 g/mol. The number of aryl methyl sites for hydroxylation is 1. The highest BCUT2D eigenvalue weighted by atomic mass is 32.2. The maximum atomic E-state index is 13.6. The number of carboxylic acid groups (broad SMARTS) is 1. The summed E-state index contributed by atoms with van der Waals surface area (Å²) in [5.74, 6) is -1.29. The smallest absolute Gasteiger partial charge is 0.335 e. The minimum Gasteiger partial charge on any atom is -0.478 e. The Morgan fingerprint density at radius 2 is 1.75 bits per heavy atom. The van der Waals surface area contributed by atoms with Crippen molar-refractivity contribution < 1.29 is 36.7 Å². The van der Waals surface area contributed by atoms with Crippen LogP contribution in [0.3, 0.4) is 0 Å². The zero-order valence-corrected chi connectivity index (χ0v) is 25.5. The lowest BCUT2D eigenvalue weighted by Crippen LogP contribution is -2.34. The number of nitrogens with one attached hydrogen (secondary N) is 1. The minimum absolute atomic E-state index is 0.106. The van der Waals surface area contributed by atoms with Gasteiger partial charge in [-0.3, -0.25) is 9.10 Å². The quantitative estimate of drug-likeness (QED) is 0.166. The fourth-order valence-corrected chi connectivity index (χ4v) is 6.22. The van der Waals surface area contributed by atoms with E-state index in [1.54, 1.807) is 18.2 Å². The van der Waals surface area contributed by atoms with E-state index < -0.39 is 21.8 Å². The molecule has 1 amide bonds. The summed E-state index contributed by atoms with van der Waals surface area (Å²) in [4.78, 5) is 24.0. The monoisotopic (exact) mass is 622 g/mol. The lowest BCUT2D eigenvalue weighted by Gasteiger charge is -2.25. The number of carbonyl (C=O) groups excluding carboxylic acids is 1. The van der Waals surface area contributed by atoms with E-state index in [4.69, 9.17) is 14.3 Å². The summed E-state index contributed by atoms with van der Waals surface area (Å²) in [6, 6.07) is 16.0. The number of sulfonamides is 1. The summed E-state index contributed by atoms with van der Waals surface area (Å²) in [6.45, 7) is 0.744. The third kappa shape index (κ3) is 7.11. The molecular formula is C33H35FN2O7S. The Morgan fingerprint density at radius 1 is 1.05 bits per heavy atom. The van der Waals surface area contributed by atoms with Gasteiger partial charge in [-0.1, -0.05) is 12.1 Å². The van der Waals surface area contributed by atoms with Crippen LogP contribution < -0.4 is 9.62 Å². The number of aromatic carboxylic acids is 1. The number of furan rings is 1. The van der Waals surface area contributed by atoms with Crippen LogP contribution in [0.1, 0.15) is 63.4 Å². The Morgan fingerprint density at radius 3 is 2.36 bits per heavy atom. The molecule has 0 radical (unpaired) electrons. The number of fused-ring (bicyclic) bond motifs is 1. The molecule has 9 nitrogen and oxygen atoms in total. The van der Waals surface area contributed by atoms with Crippen LogP contribution in [0.4, 0.5) is 10.1 Å². The first kappa shape index (κ1) is 31.2. The van der Waals surface area contributed by atoms with Gasteiger partial charge in [0.25, 0.3) is 5.91 Å². The van der Waals surface area contributed by atoms with E-state index in [0.717, 1.165) is 49.5 Å². The van der Waals surface area contributed by atoms with Gasteiger partial charge in [-0.15, -0.1) is 0 Å². The molecule has 232 valence electrons. The summed E-state index contributed by atoms with van der Waals surface area (Å²) < 4.78 is 53.0. The second-order valence-corrected chi connectivity index (χ2v) is 12.9. The van der Waals surface area contributed by atoms with Crippen molar-refractivity contribution in [3.05, 3.63) is 88.7 Å². The first-order chi connectivity index (χ1) is 21.1. The molecule has 0 aliphatic heterocycles. The summed E-state index contributed by atoms with van der Waals surface area (Å²) in [5, 5.41) is 12.3. The molecule has 1 fully saturated rings. The van der Waals surface area contributed by atoms with Gasteiger partial charge in [-0.25, -0.2) is 17.6 Å². The molecule has 0 unspecified atom stereocenters. The number of carboxylic acids is 1. The van der Waals surface area contributed by atoms with Crippen LogP contribution in [0.25, 0.3) is 22.3 Å². The Kier molecular flexibility index (Phi) is 9.36. The second-order valence-electron chi connectivity index (χ2n) is 11.0. The molecule has 44 heavy (non-hydrogen) atoms. The predicted molar refractivity (Wildman–Crippen MR) is 166 cm³/mol. The molecular weight excluding hydrogens is 587 g/mol. The molecule has 0 atom stereocenters. The molecule has 3 aromatic carbocycles. The number of ether oxygens (including phenoxy) is 1. The van der Waals surface area contributed by atoms with Crippen molar-refractivity contribution in [1.82, 2.24) is 5.32 Å². The van der Waals surface area contributed by atoms with Gasteiger partial charge in [-0.05, 0) is 91.6 Å². The van der Waals surface area contributed by atoms with E-state index in [0.29, 0.717) is 34.4 Å². The standard InChI is InChI=1S/C33H35FN2O7S/c1-35-32(37)30-27-19-26(22-10-11-22)28(20-29(27)43-31(30)23-12-14-25(34)15-13-23)36(44(2,40)41)16-18-42-17-4-3-5-21-6-8-24(9-7-21)33(38)39/h6-9,12-15,19-20,22H,3-5,10-11,16-18H2,1-2H3,(H,35,37)(H,38,39). The lowest BCUT2D eigenvalue weighted by molar-refractivity contribution is 0.0696. The van der Waals surface area contributed by atoms with Crippen molar-refractivity contribution in [2.75, 3.05) is 37.4 Å². The fourth-order valence-electron chi connectivity index (χ4n) is 5.30. The van der Waals surface area contributed by atoms with Crippen LogP contribution in [0.2, 0.25) is 0 Å². The Bertz CT molecular complexity index is 1760. The van der Waals surface area contributed by atoms with Gasteiger partial charge in [0.1, 0.15) is 17.2 Å². The number of anilines is 1. The van der Waals surface area contributed by atoms with Crippen LogP contribution in [0.5, 0.6) is 0 Å². The number of rotatable bonds is 14. The highest BCUT2D eigenvalue weighted by Crippen LogP contribution is 2.48. The lowest BCUT2D eigenvalue weighted by atomic mass is 10.0. The largest absolute Gasteiger partial charge is 0.478 e. The molecule has 1 heterocycles.